The maximum absolute atomic E-state index is 10.6. The van der Waals surface area contributed by atoms with E-state index in [9.17, 15) is 4.79 Å². The highest BCUT2D eigenvalue weighted by atomic mass is 16.4. The van der Waals surface area contributed by atoms with Gasteiger partial charge >= 0.3 is 5.97 Å². The number of carboxylic acids is 1. The van der Waals surface area contributed by atoms with Crippen molar-refractivity contribution in [3.05, 3.63) is 24.0 Å². The fraction of sp³-hybridized carbons (Fsp3) is 0.455. The molecule has 1 atom stereocenters. The van der Waals surface area contributed by atoms with Gasteiger partial charge in [-0.15, -0.1) is 0 Å². The zero-order chi connectivity index (χ0) is 11.3. The van der Waals surface area contributed by atoms with Gasteiger partial charge in [-0.25, -0.2) is 0 Å². The lowest BCUT2D eigenvalue weighted by molar-refractivity contribution is -0.141. The van der Waals surface area contributed by atoms with E-state index in [2.05, 4.69) is 10.3 Å². The SMILES string of the molecule is Cc1cc(NCCC(C)C(=O)O)ccn1. The summed E-state index contributed by atoms with van der Waals surface area (Å²) in [5.74, 6) is -1.05. The topological polar surface area (TPSA) is 62.2 Å². The van der Waals surface area contributed by atoms with Crippen LogP contribution in [-0.2, 0) is 4.79 Å². The third kappa shape index (κ3) is 3.97. The average Bonchev–Trinajstić information content (AvgIpc) is 2.17. The molecule has 0 aliphatic heterocycles. The summed E-state index contributed by atoms with van der Waals surface area (Å²) in [4.78, 5) is 14.6. The first kappa shape index (κ1) is 11.5. The first-order valence-electron chi connectivity index (χ1n) is 4.99. The number of anilines is 1. The summed E-state index contributed by atoms with van der Waals surface area (Å²) in [6, 6.07) is 3.81. The molecule has 0 aliphatic rings. The maximum atomic E-state index is 10.6. The van der Waals surface area contributed by atoms with Crippen LogP contribution >= 0.6 is 0 Å². The Balaban J connectivity index is 2.35. The summed E-state index contributed by atoms with van der Waals surface area (Å²) in [5.41, 5.74) is 1.94. The van der Waals surface area contributed by atoms with Crippen LogP contribution in [-0.4, -0.2) is 22.6 Å². The molecule has 1 aromatic heterocycles. The van der Waals surface area contributed by atoms with Crippen molar-refractivity contribution in [2.75, 3.05) is 11.9 Å². The van der Waals surface area contributed by atoms with Crippen molar-refractivity contribution < 1.29 is 9.90 Å². The maximum Gasteiger partial charge on any atom is 0.306 e. The number of carbonyl (C=O) groups is 1. The number of pyridine rings is 1. The van der Waals surface area contributed by atoms with Crippen LogP contribution in [0.3, 0.4) is 0 Å². The van der Waals surface area contributed by atoms with Crippen molar-refractivity contribution >= 4 is 11.7 Å². The predicted octanol–water partition coefficient (Wildman–Crippen LogP) is 1.91. The van der Waals surface area contributed by atoms with E-state index in [0.29, 0.717) is 13.0 Å². The number of carboxylic acid groups (broad SMARTS) is 1. The van der Waals surface area contributed by atoms with Gasteiger partial charge in [-0.2, -0.15) is 0 Å². The van der Waals surface area contributed by atoms with Crippen molar-refractivity contribution in [2.45, 2.75) is 20.3 Å². The van der Waals surface area contributed by atoms with Crippen molar-refractivity contribution in [1.29, 1.82) is 0 Å². The highest BCUT2D eigenvalue weighted by molar-refractivity contribution is 5.69. The third-order valence-electron chi connectivity index (χ3n) is 2.22. The number of rotatable bonds is 5. The van der Waals surface area contributed by atoms with Gasteiger partial charge in [0.25, 0.3) is 0 Å². The summed E-state index contributed by atoms with van der Waals surface area (Å²) in [6.07, 6.45) is 2.36. The number of hydrogen-bond donors (Lipinski definition) is 2. The van der Waals surface area contributed by atoms with Crippen molar-refractivity contribution in [1.82, 2.24) is 4.98 Å². The Kier molecular flexibility index (Phi) is 4.09. The average molecular weight is 208 g/mol. The Morgan fingerprint density at radius 3 is 3.00 bits per heavy atom. The van der Waals surface area contributed by atoms with Gasteiger partial charge in [0.1, 0.15) is 0 Å². The second-order valence-electron chi connectivity index (χ2n) is 3.64. The lowest BCUT2D eigenvalue weighted by Gasteiger charge is -2.08. The fourth-order valence-electron chi connectivity index (χ4n) is 1.21. The standard InChI is InChI=1S/C11H16N2O2/c1-8(11(14)15)3-5-13-10-4-6-12-9(2)7-10/h4,6-8H,3,5H2,1-2H3,(H,12,13)(H,14,15). The normalized spacial score (nSPS) is 12.1. The second-order valence-corrected chi connectivity index (χ2v) is 3.64. The molecule has 1 rings (SSSR count). The van der Waals surface area contributed by atoms with Gasteiger partial charge in [0.15, 0.2) is 0 Å². The van der Waals surface area contributed by atoms with E-state index in [1.165, 1.54) is 0 Å². The molecule has 0 aliphatic carbocycles. The quantitative estimate of drug-likeness (QED) is 0.776. The van der Waals surface area contributed by atoms with Crippen molar-refractivity contribution in [3.8, 4) is 0 Å². The van der Waals surface area contributed by atoms with E-state index < -0.39 is 5.97 Å². The molecule has 1 unspecified atom stereocenters. The minimum absolute atomic E-state index is 0.305. The first-order valence-corrected chi connectivity index (χ1v) is 4.99. The van der Waals surface area contributed by atoms with E-state index in [0.717, 1.165) is 11.4 Å². The first-order chi connectivity index (χ1) is 7.09. The van der Waals surface area contributed by atoms with E-state index in [-0.39, 0.29) is 5.92 Å². The third-order valence-corrected chi connectivity index (χ3v) is 2.22. The summed E-state index contributed by atoms with van der Waals surface area (Å²) < 4.78 is 0. The Morgan fingerprint density at radius 2 is 2.40 bits per heavy atom. The van der Waals surface area contributed by atoms with Gasteiger partial charge in [0.05, 0.1) is 5.92 Å². The smallest absolute Gasteiger partial charge is 0.306 e. The summed E-state index contributed by atoms with van der Waals surface area (Å²) in [7, 11) is 0. The molecule has 4 nitrogen and oxygen atoms in total. The lowest BCUT2D eigenvalue weighted by Crippen LogP contribution is -2.14. The van der Waals surface area contributed by atoms with Gasteiger partial charge in [-0.1, -0.05) is 6.92 Å². The number of aliphatic carboxylic acids is 1. The summed E-state index contributed by atoms with van der Waals surface area (Å²) in [6.45, 7) is 4.30. The van der Waals surface area contributed by atoms with Crippen LogP contribution < -0.4 is 5.32 Å². The van der Waals surface area contributed by atoms with Crippen LogP contribution in [0.15, 0.2) is 18.3 Å². The number of aromatic nitrogens is 1. The minimum atomic E-state index is -0.747. The van der Waals surface area contributed by atoms with Gasteiger partial charge in [0, 0.05) is 24.1 Å². The minimum Gasteiger partial charge on any atom is -0.481 e. The zero-order valence-corrected chi connectivity index (χ0v) is 9.03. The summed E-state index contributed by atoms with van der Waals surface area (Å²) >= 11 is 0. The molecule has 0 spiro atoms. The molecule has 0 bridgehead atoms. The molecule has 2 N–H and O–H groups in total. The predicted molar refractivity (Wildman–Crippen MR) is 58.9 cm³/mol. The zero-order valence-electron chi connectivity index (χ0n) is 9.03. The van der Waals surface area contributed by atoms with Crippen molar-refractivity contribution in [3.63, 3.8) is 0 Å². The fourth-order valence-corrected chi connectivity index (χ4v) is 1.21. The molecule has 1 aromatic rings. The van der Waals surface area contributed by atoms with E-state index in [4.69, 9.17) is 5.11 Å². The monoisotopic (exact) mass is 208 g/mol. The molecule has 0 radical (unpaired) electrons. The van der Waals surface area contributed by atoms with Crippen molar-refractivity contribution in [2.24, 2.45) is 5.92 Å². The Morgan fingerprint density at radius 1 is 1.67 bits per heavy atom. The number of nitrogens with one attached hydrogen (secondary N) is 1. The van der Waals surface area contributed by atoms with Crippen LogP contribution in [0, 0.1) is 12.8 Å². The molecule has 0 fully saturated rings. The largest absolute Gasteiger partial charge is 0.481 e. The number of nitrogens with zero attached hydrogens (tertiary/aromatic N) is 1. The van der Waals surface area contributed by atoms with Gasteiger partial charge in [-0.05, 0) is 25.5 Å². The van der Waals surface area contributed by atoms with Gasteiger partial charge < -0.3 is 10.4 Å². The molecule has 0 amide bonds. The number of hydrogen-bond acceptors (Lipinski definition) is 3. The molecule has 0 saturated carbocycles. The number of aryl methyl sites for hydroxylation is 1. The molecular weight excluding hydrogens is 192 g/mol. The van der Waals surface area contributed by atoms with Crippen LogP contribution in [0.25, 0.3) is 0 Å². The van der Waals surface area contributed by atoms with Crippen LogP contribution in [0.2, 0.25) is 0 Å². The van der Waals surface area contributed by atoms with Gasteiger partial charge in [-0.3, -0.25) is 9.78 Å². The van der Waals surface area contributed by atoms with Crippen LogP contribution in [0.4, 0.5) is 5.69 Å². The van der Waals surface area contributed by atoms with E-state index >= 15 is 0 Å². The highest BCUT2D eigenvalue weighted by Gasteiger charge is 2.09. The van der Waals surface area contributed by atoms with E-state index in [1.54, 1.807) is 13.1 Å². The van der Waals surface area contributed by atoms with Crippen LogP contribution in [0.1, 0.15) is 19.0 Å². The molecule has 1 heterocycles. The van der Waals surface area contributed by atoms with E-state index in [1.807, 2.05) is 19.1 Å². The Labute approximate surface area is 89.3 Å². The Bertz CT molecular complexity index is 339. The van der Waals surface area contributed by atoms with Gasteiger partial charge in [0.2, 0.25) is 0 Å². The molecule has 82 valence electrons. The molecular formula is C11H16N2O2. The highest BCUT2D eigenvalue weighted by Crippen LogP contribution is 2.08. The van der Waals surface area contributed by atoms with Crippen LogP contribution in [0.5, 0.6) is 0 Å². The Hall–Kier alpha value is -1.58. The molecule has 0 aromatic carbocycles. The molecule has 15 heavy (non-hydrogen) atoms. The molecule has 4 heteroatoms. The molecule has 0 saturated heterocycles. The lowest BCUT2D eigenvalue weighted by atomic mass is 10.1. The second kappa shape index (κ2) is 5.34. The summed E-state index contributed by atoms with van der Waals surface area (Å²) in [5, 5.41) is 11.9.